The van der Waals surface area contributed by atoms with Crippen LogP contribution >= 0.6 is 15.9 Å². The number of nitrogens with zero attached hydrogens (tertiary/aromatic N) is 2. The van der Waals surface area contributed by atoms with Crippen molar-refractivity contribution in [2.24, 2.45) is 5.92 Å². The monoisotopic (exact) mass is 455 g/mol. The highest BCUT2D eigenvalue weighted by Gasteiger charge is 2.37. The fourth-order valence-corrected chi connectivity index (χ4v) is 5.91. The summed E-state index contributed by atoms with van der Waals surface area (Å²) in [5.74, 6) is -0.257. The molecule has 4 rings (SSSR count). The molecule has 0 bridgehead atoms. The minimum Gasteiger partial charge on any atom is -0.352 e. The summed E-state index contributed by atoms with van der Waals surface area (Å²) in [6.45, 7) is 2.73. The standard InChI is InChI=1S/C19H26BrN3O3S/c20-15-3-7-18(8-4-15)27(25,26)23-10-1-2-14(12-23)19(24)21-16-9-11-22(13-16)17-5-6-17/h3-4,7-8,14,16-17H,1-2,5-6,9-13H2,(H,21,24). The highest BCUT2D eigenvalue weighted by atomic mass is 79.9. The van der Waals surface area contributed by atoms with E-state index in [4.69, 9.17) is 0 Å². The molecule has 27 heavy (non-hydrogen) atoms. The van der Waals surface area contributed by atoms with E-state index >= 15 is 0 Å². The van der Waals surface area contributed by atoms with E-state index in [0.29, 0.717) is 13.0 Å². The minimum atomic E-state index is -3.56. The van der Waals surface area contributed by atoms with E-state index in [1.165, 1.54) is 17.1 Å². The van der Waals surface area contributed by atoms with E-state index in [9.17, 15) is 13.2 Å². The third-order valence-corrected chi connectivity index (χ3v) is 8.24. The van der Waals surface area contributed by atoms with E-state index in [2.05, 4.69) is 26.1 Å². The van der Waals surface area contributed by atoms with Crippen LogP contribution in [-0.4, -0.2) is 61.8 Å². The number of carbonyl (C=O) groups is 1. The Morgan fingerprint density at radius 2 is 1.78 bits per heavy atom. The number of hydrogen-bond acceptors (Lipinski definition) is 4. The van der Waals surface area contributed by atoms with Crippen molar-refractivity contribution in [2.45, 2.75) is 49.1 Å². The summed E-state index contributed by atoms with van der Waals surface area (Å²) in [6.07, 6.45) is 5.03. The van der Waals surface area contributed by atoms with Crippen LogP contribution in [0.5, 0.6) is 0 Å². The van der Waals surface area contributed by atoms with E-state index in [-0.39, 0.29) is 29.3 Å². The first-order chi connectivity index (χ1) is 12.9. The number of piperidine rings is 1. The molecule has 1 aromatic rings. The number of benzene rings is 1. The van der Waals surface area contributed by atoms with E-state index in [1.807, 2.05) is 0 Å². The van der Waals surface area contributed by atoms with Gasteiger partial charge >= 0.3 is 0 Å². The van der Waals surface area contributed by atoms with Crippen LogP contribution < -0.4 is 5.32 Å². The van der Waals surface area contributed by atoms with Gasteiger partial charge < -0.3 is 5.32 Å². The maximum atomic E-state index is 12.9. The van der Waals surface area contributed by atoms with E-state index in [0.717, 1.165) is 36.4 Å². The van der Waals surface area contributed by atoms with Crippen LogP contribution in [0.4, 0.5) is 0 Å². The zero-order chi connectivity index (χ0) is 19.0. The molecule has 2 aliphatic heterocycles. The van der Waals surface area contributed by atoms with Crippen LogP contribution in [0.1, 0.15) is 32.1 Å². The second kappa shape index (κ2) is 7.81. The molecular weight excluding hydrogens is 430 g/mol. The molecule has 1 saturated carbocycles. The molecule has 3 fully saturated rings. The Hall–Kier alpha value is -0.960. The van der Waals surface area contributed by atoms with Gasteiger partial charge in [0.05, 0.1) is 10.8 Å². The normalized spacial score (nSPS) is 27.6. The minimum absolute atomic E-state index is 0.00773. The lowest BCUT2D eigenvalue weighted by molar-refractivity contribution is -0.126. The first-order valence-electron chi connectivity index (χ1n) is 9.73. The van der Waals surface area contributed by atoms with Gasteiger partial charge in [-0.15, -0.1) is 0 Å². The quantitative estimate of drug-likeness (QED) is 0.738. The summed E-state index contributed by atoms with van der Waals surface area (Å²) in [4.78, 5) is 15.5. The topological polar surface area (TPSA) is 69.7 Å². The summed E-state index contributed by atoms with van der Waals surface area (Å²) in [5, 5.41) is 3.17. The SMILES string of the molecule is O=C(NC1CCN(C2CC2)C1)C1CCCN(S(=O)(=O)c2ccc(Br)cc2)C1. The largest absolute Gasteiger partial charge is 0.352 e. The molecule has 0 aromatic heterocycles. The Balaban J connectivity index is 1.37. The average Bonchev–Trinajstić information content (AvgIpc) is 3.42. The second-order valence-corrected chi connectivity index (χ2v) is 10.7. The lowest BCUT2D eigenvalue weighted by atomic mass is 9.98. The predicted octanol–water partition coefficient (Wildman–Crippen LogP) is 2.20. The van der Waals surface area contributed by atoms with Gasteiger partial charge in [-0.25, -0.2) is 8.42 Å². The van der Waals surface area contributed by atoms with E-state index in [1.54, 1.807) is 24.3 Å². The molecule has 2 unspecified atom stereocenters. The summed E-state index contributed by atoms with van der Waals surface area (Å²) < 4.78 is 28.1. The van der Waals surface area contributed by atoms with Crippen molar-refractivity contribution in [3.63, 3.8) is 0 Å². The lowest BCUT2D eigenvalue weighted by Crippen LogP contribution is -2.48. The first-order valence-corrected chi connectivity index (χ1v) is 12.0. The molecular formula is C19H26BrN3O3S. The van der Waals surface area contributed by atoms with E-state index < -0.39 is 10.0 Å². The third-order valence-electron chi connectivity index (χ3n) is 5.84. The molecule has 0 radical (unpaired) electrons. The van der Waals surface area contributed by atoms with Crippen LogP contribution in [0, 0.1) is 5.92 Å². The average molecular weight is 456 g/mol. The highest BCUT2D eigenvalue weighted by Crippen LogP contribution is 2.30. The molecule has 2 atom stereocenters. The van der Waals surface area contributed by atoms with Gasteiger partial charge in [-0.3, -0.25) is 9.69 Å². The van der Waals surface area contributed by atoms with Gasteiger partial charge in [-0.2, -0.15) is 4.31 Å². The number of rotatable bonds is 5. The van der Waals surface area contributed by atoms with Crippen LogP contribution in [0.25, 0.3) is 0 Å². The molecule has 1 aromatic carbocycles. The molecule has 2 heterocycles. The Labute approximate surface area is 169 Å². The van der Waals surface area contributed by atoms with Crippen molar-refractivity contribution in [3.05, 3.63) is 28.7 Å². The lowest BCUT2D eigenvalue weighted by Gasteiger charge is -2.31. The number of hydrogen-bond donors (Lipinski definition) is 1. The Kier molecular flexibility index (Phi) is 5.60. The number of halogens is 1. The Morgan fingerprint density at radius 1 is 1.04 bits per heavy atom. The smallest absolute Gasteiger partial charge is 0.243 e. The first kappa shape index (κ1) is 19.4. The Morgan fingerprint density at radius 3 is 2.48 bits per heavy atom. The molecule has 8 heteroatoms. The van der Waals surface area contributed by atoms with Crippen molar-refractivity contribution >= 4 is 31.9 Å². The number of amides is 1. The van der Waals surface area contributed by atoms with Crippen molar-refractivity contribution < 1.29 is 13.2 Å². The van der Waals surface area contributed by atoms with Gasteiger partial charge in [0, 0.05) is 42.7 Å². The van der Waals surface area contributed by atoms with Gasteiger partial charge in [-0.1, -0.05) is 15.9 Å². The van der Waals surface area contributed by atoms with Gasteiger partial charge in [0.1, 0.15) is 0 Å². The number of likely N-dealkylation sites (tertiary alicyclic amines) is 1. The van der Waals surface area contributed by atoms with Crippen molar-refractivity contribution in [1.82, 2.24) is 14.5 Å². The number of carbonyl (C=O) groups excluding carboxylic acids is 1. The summed E-state index contributed by atoms with van der Waals surface area (Å²) in [7, 11) is -3.56. The van der Waals surface area contributed by atoms with Crippen LogP contribution in [0.15, 0.2) is 33.6 Å². The predicted molar refractivity (Wildman–Crippen MR) is 107 cm³/mol. The van der Waals surface area contributed by atoms with Gasteiger partial charge in [0.25, 0.3) is 0 Å². The summed E-state index contributed by atoms with van der Waals surface area (Å²) in [6, 6.07) is 7.60. The maximum Gasteiger partial charge on any atom is 0.243 e. The summed E-state index contributed by atoms with van der Waals surface area (Å²) in [5.41, 5.74) is 0. The molecule has 2 saturated heterocycles. The second-order valence-electron chi connectivity index (χ2n) is 7.88. The molecule has 1 amide bonds. The Bertz CT molecular complexity index is 795. The molecule has 1 aliphatic carbocycles. The van der Waals surface area contributed by atoms with Crippen molar-refractivity contribution in [3.8, 4) is 0 Å². The zero-order valence-corrected chi connectivity index (χ0v) is 17.7. The third kappa shape index (κ3) is 4.39. The molecule has 6 nitrogen and oxygen atoms in total. The summed E-state index contributed by atoms with van der Waals surface area (Å²) >= 11 is 3.33. The molecule has 0 spiro atoms. The zero-order valence-electron chi connectivity index (χ0n) is 15.3. The van der Waals surface area contributed by atoms with Gasteiger partial charge in [0.15, 0.2) is 0 Å². The molecule has 148 valence electrons. The number of nitrogens with one attached hydrogen (secondary N) is 1. The van der Waals surface area contributed by atoms with Crippen LogP contribution in [0.2, 0.25) is 0 Å². The van der Waals surface area contributed by atoms with Gasteiger partial charge in [-0.05, 0) is 56.4 Å². The van der Waals surface area contributed by atoms with Gasteiger partial charge in [0.2, 0.25) is 15.9 Å². The molecule has 1 N–H and O–H groups in total. The highest BCUT2D eigenvalue weighted by molar-refractivity contribution is 9.10. The molecule has 3 aliphatic rings. The number of sulfonamides is 1. The fraction of sp³-hybridized carbons (Fsp3) is 0.632. The van der Waals surface area contributed by atoms with Crippen LogP contribution in [0.3, 0.4) is 0 Å². The van der Waals surface area contributed by atoms with Crippen molar-refractivity contribution in [2.75, 3.05) is 26.2 Å². The fourth-order valence-electron chi connectivity index (χ4n) is 4.13. The van der Waals surface area contributed by atoms with Crippen LogP contribution in [-0.2, 0) is 14.8 Å². The van der Waals surface area contributed by atoms with Crippen molar-refractivity contribution in [1.29, 1.82) is 0 Å². The maximum absolute atomic E-state index is 12.9.